The molecule has 1 heterocycles. The maximum Gasteiger partial charge on any atom is 0.230 e. The summed E-state index contributed by atoms with van der Waals surface area (Å²) in [5.41, 5.74) is 0. The van der Waals surface area contributed by atoms with Crippen molar-refractivity contribution in [2.45, 2.75) is 31.8 Å². The maximum absolute atomic E-state index is 11.3. The number of thioether (sulfide) groups is 1. The summed E-state index contributed by atoms with van der Waals surface area (Å²) in [4.78, 5) is 11.3. The first-order valence-corrected chi connectivity index (χ1v) is 6.33. The lowest BCUT2D eigenvalue weighted by Crippen LogP contribution is -2.24. The summed E-state index contributed by atoms with van der Waals surface area (Å²) >= 11 is 1.41. The topological polar surface area (TPSA) is 59.8 Å². The van der Waals surface area contributed by atoms with E-state index in [0.29, 0.717) is 18.2 Å². The van der Waals surface area contributed by atoms with Crippen LogP contribution in [-0.2, 0) is 11.8 Å². The molecule has 0 aliphatic rings. The molecule has 0 unspecified atom stereocenters. The van der Waals surface area contributed by atoms with Crippen LogP contribution < -0.4 is 5.32 Å². The number of aromatic nitrogens is 3. The van der Waals surface area contributed by atoms with Crippen LogP contribution in [0.15, 0.2) is 5.16 Å². The molecule has 0 atom stereocenters. The van der Waals surface area contributed by atoms with E-state index >= 15 is 0 Å². The number of carbonyl (C=O) groups is 1. The van der Waals surface area contributed by atoms with E-state index in [-0.39, 0.29) is 5.91 Å². The molecule has 1 N–H and O–H groups in total. The fourth-order valence-corrected chi connectivity index (χ4v) is 2.08. The average molecular weight is 242 g/mol. The predicted octanol–water partition coefficient (Wildman–Crippen LogP) is 1.17. The number of hydrogen-bond donors (Lipinski definition) is 1. The Morgan fingerprint density at radius 2 is 2.19 bits per heavy atom. The third-order valence-corrected chi connectivity index (χ3v) is 3.11. The Kier molecular flexibility index (Phi) is 4.79. The predicted molar refractivity (Wildman–Crippen MR) is 64.5 cm³/mol. The van der Waals surface area contributed by atoms with Crippen LogP contribution in [0.25, 0.3) is 0 Å². The van der Waals surface area contributed by atoms with E-state index in [2.05, 4.69) is 29.4 Å². The molecule has 0 radical (unpaired) electrons. The zero-order valence-electron chi connectivity index (χ0n) is 10.1. The van der Waals surface area contributed by atoms with Crippen LogP contribution in [0.4, 0.5) is 0 Å². The first-order valence-electron chi connectivity index (χ1n) is 5.35. The van der Waals surface area contributed by atoms with Crippen molar-refractivity contribution < 1.29 is 4.79 Å². The minimum Gasteiger partial charge on any atom is -0.356 e. The first-order chi connectivity index (χ1) is 7.56. The number of amides is 1. The number of rotatable bonds is 5. The monoisotopic (exact) mass is 242 g/mol. The molecule has 1 aromatic heterocycles. The van der Waals surface area contributed by atoms with Crippen LogP contribution in [0.2, 0.25) is 0 Å². The fraction of sp³-hybridized carbons (Fsp3) is 0.700. The van der Waals surface area contributed by atoms with Gasteiger partial charge in [0.1, 0.15) is 5.82 Å². The normalized spacial score (nSPS) is 10.8. The molecular weight excluding hydrogens is 224 g/mol. The number of nitrogens with one attached hydrogen (secondary N) is 1. The van der Waals surface area contributed by atoms with Crippen LogP contribution in [-0.4, -0.2) is 33.0 Å². The molecule has 0 aliphatic heterocycles. The van der Waals surface area contributed by atoms with Crippen molar-refractivity contribution in [3.8, 4) is 0 Å². The molecule has 0 bridgehead atoms. The first kappa shape index (κ1) is 13.0. The van der Waals surface area contributed by atoms with Crippen molar-refractivity contribution in [3.63, 3.8) is 0 Å². The molecule has 1 aromatic rings. The average Bonchev–Trinajstić information content (AvgIpc) is 2.57. The summed E-state index contributed by atoms with van der Waals surface area (Å²) in [7, 11) is 1.93. The minimum absolute atomic E-state index is 0.0293. The summed E-state index contributed by atoms with van der Waals surface area (Å²) in [6.45, 7) is 6.71. The van der Waals surface area contributed by atoms with Gasteiger partial charge < -0.3 is 9.88 Å². The lowest BCUT2D eigenvalue weighted by atomic mass is 10.2. The van der Waals surface area contributed by atoms with E-state index < -0.39 is 0 Å². The highest BCUT2D eigenvalue weighted by Crippen LogP contribution is 2.19. The molecule has 1 amide bonds. The summed E-state index contributed by atoms with van der Waals surface area (Å²) < 4.78 is 1.94. The second-order valence-electron chi connectivity index (χ2n) is 3.80. The van der Waals surface area contributed by atoms with E-state index in [1.54, 1.807) is 0 Å². The molecule has 0 aromatic carbocycles. The molecule has 90 valence electrons. The van der Waals surface area contributed by atoms with Gasteiger partial charge in [-0.25, -0.2) is 0 Å². The molecule has 16 heavy (non-hydrogen) atoms. The second kappa shape index (κ2) is 5.89. The molecule has 0 spiro atoms. The lowest BCUT2D eigenvalue weighted by Gasteiger charge is -2.05. The quantitative estimate of drug-likeness (QED) is 0.787. The van der Waals surface area contributed by atoms with Crippen molar-refractivity contribution >= 4 is 17.7 Å². The van der Waals surface area contributed by atoms with Crippen LogP contribution in [0.1, 0.15) is 32.5 Å². The van der Waals surface area contributed by atoms with Crippen LogP contribution in [0, 0.1) is 0 Å². The number of carbonyl (C=O) groups excluding carboxylic acids is 1. The van der Waals surface area contributed by atoms with Crippen molar-refractivity contribution in [1.82, 2.24) is 20.1 Å². The van der Waals surface area contributed by atoms with Crippen LogP contribution in [0.3, 0.4) is 0 Å². The Balaban J connectivity index is 2.58. The van der Waals surface area contributed by atoms with Gasteiger partial charge in [-0.05, 0) is 6.92 Å². The van der Waals surface area contributed by atoms with Gasteiger partial charge in [-0.2, -0.15) is 0 Å². The molecule has 0 fully saturated rings. The number of nitrogens with zero attached hydrogens (tertiary/aromatic N) is 3. The zero-order chi connectivity index (χ0) is 12.1. The van der Waals surface area contributed by atoms with Gasteiger partial charge in [0.25, 0.3) is 0 Å². The molecule has 0 aliphatic carbocycles. The Hall–Kier alpha value is -1.04. The van der Waals surface area contributed by atoms with Gasteiger partial charge in [0, 0.05) is 19.5 Å². The summed E-state index contributed by atoms with van der Waals surface area (Å²) in [5.74, 6) is 1.70. The minimum atomic E-state index is 0.0293. The highest BCUT2D eigenvalue weighted by molar-refractivity contribution is 7.99. The number of hydrogen-bond acceptors (Lipinski definition) is 4. The molecule has 0 saturated carbocycles. The second-order valence-corrected chi connectivity index (χ2v) is 4.74. The highest BCUT2D eigenvalue weighted by Gasteiger charge is 2.12. The van der Waals surface area contributed by atoms with Gasteiger partial charge in [-0.15, -0.1) is 10.2 Å². The molecule has 5 nitrogen and oxygen atoms in total. The Bertz CT molecular complexity index is 362. The Morgan fingerprint density at radius 3 is 2.69 bits per heavy atom. The lowest BCUT2D eigenvalue weighted by molar-refractivity contribution is -0.118. The van der Waals surface area contributed by atoms with Gasteiger partial charge in [-0.1, -0.05) is 25.6 Å². The van der Waals surface area contributed by atoms with E-state index in [1.807, 2.05) is 18.5 Å². The van der Waals surface area contributed by atoms with E-state index in [9.17, 15) is 4.79 Å². The third kappa shape index (κ3) is 3.23. The van der Waals surface area contributed by atoms with Gasteiger partial charge in [-0.3, -0.25) is 4.79 Å². The third-order valence-electron chi connectivity index (χ3n) is 2.09. The Labute approximate surface area is 100 Å². The summed E-state index contributed by atoms with van der Waals surface area (Å²) in [5, 5.41) is 11.7. The SMILES string of the molecule is CCNC(=O)CSc1nnc(C(C)C)n1C. The maximum atomic E-state index is 11.3. The van der Waals surface area contributed by atoms with E-state index in [0.717, 1.165) is 11.0 Å². The van der Waals surface area contributed by atoms with Crippen LogP contribution in [0.5, 0.6) is 0 Å². The van der Waals surface area contributed by atoms with Crippen molar-refractivity contribution in [3.05, 3.63) is 5.82 Å². The van der Waals surface area contributed by atoms with Gasteiger partial charge >= 0.3 is 0 Å². The molecular formula is C10H18N4OS. The van der Waals surface area contributed by atoms with Crippen molar-refractivity contribution in [2.24, 2.45) is 7.05 Å². The molecule has 6 heteroatoms. The fourth-order valence-electron chi connectivity index (χ4n) is 1.33. The summed E-state index contributed by atoms with van der Waals surface area (Å²) in [6.07, 6.45) is 0. The molecule has 0 saturated heterocycles. The van der Waals surface area contributed by atoms with Crippen molar-refractivity contribution in [1.29, 1.82) is 0 Å². The smallest absolute Gasteiger partial charge is 0.230 e. The van der Waals surface area contributed by atoms with E-state index in [1.165, 1.54) is 11.8 Å². The Morgan fingerprint density at radius 1 is 1.50 bits per heavy atom. The largest absolute Gasteiger partial charge is 0.356 e. The zero-order valence-corrected chi connectivity index (χ0v) is 11.0. The summed E-state index contributed by atoms with van der Waals surface area (Å²) in [6, 6.07) is 0. The standard InChI is InChI=1S/C10H18N4OS/c1-5-11-8(15)6-16-10-13-12-9(7(2)3)14(10)4/h7H,5-6H2,1-4H3,(H,11,15). The highest BCUT2D eigenvalue weighted by atomic mass is 32.2. The van der Waals surface area contributed by atoms with Gasteiger partial charge in [0.2, 0.25) is 5.91 Å². The molecule has 1 rings (SSSR count). The van der Waals surface area contributed by atoms with Crippen LogP contribution >= 0.6 is 11.8 Å². The van der Waals surface area contributed by atoms with Gasteiger partial charge in [0.15, 0.2) is 5.16 Å². The van der Waals surface area contributed by atoms with Gasteiger partial charge in [0.05, 0.1) is 5.75 Å². The van der Waals surface area contributed by atoms with Crippen molar-refractivity contribution in [2.75, 3.05) is 12.3 Å². The van der Waals surface area contributed by atoms with E-state index in [4.69, 9.17) is 0 Å².